The van der Waals surface area contributed by atoms with Crippen LogP contribution in [0.2, 0.25) is 0 Å². The number of hydrogen-bond donors (Lipinski definition) is 3. The number of anilines is 1. The van der Waals surface area contributed by atoms with Gasteiger partial charge >= 0.3 is 5.97 Å². The number of nitrogens with two attached hydrogens (primary N) is 1. The lowest BCUT2D eigenvalue weighted by molar-refractivity contribution is -0.138. The lowest BCUT2D eigenvalue weighted by Crippen LogP contribution is -2.38. The number of rotatable bonds is 3. The molecule has 0 spiro atoms. The summed E-state index contributed by atoms with van der Waals surface area (Å²) in [5.41, 5.74) is 7.16. The molecule has 1 aromatic carbocycles. The number of carbonyl (C=O) groups excluding carboxylic acids is 1. The first kappa shape index (κ1) is 12.0. The van der Waals surface area contributed by atoms with E-state index in [1.165, 1.54) is 6.92 Å². The van der Waals surface area contributed by atoms with Crippen LogP contribution in [-0.2, 0) is 4.79 Å². The number of benzene rings is 1. The van der Waals surface area contributed by atoms with E-state index in [-0.39, 0.29) is 0 Å². The van der Waals surface area contributed by atoms with Crippen LogP contribution in [0.1, 0.15) is 22.8 Å². The van der Waals surface area contributed by atoms with Crippen molar-refractivity contribution in [3.8, 4) is 0 Å². The number of hydrogen-bond acceptors (Lipinski definition) is 3. The maximum Gasteiger partial charge on any atom is 0.325 e. The van der Waals surface area contributed by atoms with Crippen molar-refractivity contribution in [2.75, 3.05) is 5.73 Å². The van der Waals surface area contributed by atoms with Gasteiger partial charge in [-0.15, -0.1) is 0 Å². The number of carbonyl (C=O) groups is 2. The number of amides is 1. The molecule has 0 fully saturated rings. The summed E-state index contributed by atoms with van der Waals surface area (Å²) in [5.74, 6) is -1.56. The molecule has 0 saturated carbocycles. The van der Waals surface area contributed by atoms with Crippen LogP contribution in [0.4, 0.5) is 5.69 Å². The van der Waals surface area contributed by atoms with Gasteiger partial charge in [0.05, 0.1) is 5.56 Å². The Hall–Kier alpha value is -2.04. The third-order valence-electron chi connectivity index (χ3n) is 2.17. The van der Waals surface area contributed by atoms with E-state index in [9.17, 15) is 9.59 Å². The molecule has 1 amide bonds. The van der Waals surface area contributed by atoms with E-state index >= 15 is 0 Å². The molecule has 5 heteroatoms. The van der Waals surface area contributed by atoms with Crippen molar-refractivity contribution in [2.45, 2.75) is 19.9 Å². The molecule has 0 unspecified atom stereocenters. The van der Waals surface area contributed by atoms with Crippen molar-refractivity contribution < 1.29 is 14.7 Å². The van der Waals surface area contributed by atoms with Crippen molar-refractivity contribution in [3.63, 3.8) is 0 Å². The van der Waals surface area contributed by atoms with Gasteiger partial charge in [0.15, 0.2) is 0 Å². The smallest absolute Gasteiger partial charge is 0.325 e. The highest BCUT2D eigenvalue weighted by molar-refractivity contribution is 6.00. The summed E-state index contributed by atoms with van der Waals surface area (Å²) in [6.45, 7) is 3.23. The molecule has 1 atom stereocenters. The highest BCUT2D eigenvalue weighted by Gasteiger charge is 2.16. The van der Waals surface area contributed by atoms with Crippen LogP contribution in [0, 0.1) is 6.92 Å². The Morgan fingerprint density at radius 3 is 2.62 bits per heavy atom. The van der Waals surface area contributed by atoms with Crippen molar-refractivity contribution in [2.24, 2.45) is 0 Å². The van der Waals surface area contributed by atoms with Crippen LogP contribution in [-0.4, -0.2) is 23.0 Å². The second kappa shape index (κ2) is 4.65. The summed E-state index contributed by atoms with van der Waals surface area (Å²) in [6, 6.07) is 4.09. The maximum absolute atomic E-state index is 11.7. The number of aryl methyl sites for hydroxylation is 1. The maximum atomic E-state index is 11.7. The first-order valence-electron chi connectivity index (χ1n) is 4.81. The molecule has 0 aliphatic heterocycles. The molecule has 0 heterocycles. The van der Waals surface area contributed by atoms with E-state index in [2.05, 4.69) is 5.32 Å². The molecule has 0 bridgehead atoms. The predicted octanol–water partition coefficient (Wildman–Crippen LogP) is 0.780. The van der Waals surface area contributed by atoms with Crippen molar-refractivity contribution in [1.82, 2.24) is 5.32 Å². The first-order valence-corrected chi connectivity index (χ1v) is 4.81. The molecule has 0 aliphatic carbocycles. The predicted molar refractivity (Wildman–Crippen MR) is 60.2 cm³/mol. The fourth-order valence-corrected chi connectivity index (χ4v) is 1.20. The Kier molecular flexibility index (Phi) is 3.50. The zero-order valence-corrected chi connectivity index (χ0v) is 9.15. The van der Waals surface area contributed by atoms with Crippen molar-refractivity contribution >= 4 is 17.6 Å². The highest BCUT2D eigenvalue weighted by atomic mass is 16.4. The van der Waals surface area contributed by atoms with Gasteiger partial charge in [-0.2, -0.15) is 0 Å². The molecule has 16 heavy (non-hydrogen) atoms. The van der Waals surface area contributed by atoms with E-state index in [1.54, 1.807) is 18.2 Å². The number of carboxylic acid groups (broad SMARTS) is 1. The van der Waals surface area contributed by atoms with Crippen LogP contribution >= 0.6 is 0 Å². The Balaban J connectivity index is 2.88. The Bertz CT molecular complexity index is 429. The van der Waals surface area contributed by atoms with Gasteiger partial charge in [0.25, 0.3) is 5.91 Å². The van der Waals surface area contributed by atoms with E-state index in [4.69, 9.17) is 10.8 Å². The van der Waals surface area contributed by atoms with E-state index < -0.39 is 17.9 Å². The summed E-state index contributed by atoms with van der Waals surface area (Å²) >= 11 is 0. The average Bonchev–Trinajstić information content (AvgIpc) is 2.21. The monoisotopic (exact) mass is 222 g/mol. The average molecular weight is 222 g/mol. The van der Waals surface area contributed by atoms with Crippen molar-refractivity contribution in [3.05, 3.63) is 29.3 Å². The van der Waals surface area contributed by atoms with Gasteiger partial charge in [-0.3, -0.25) is 9.59 Å². The van der Waals surface area contributed by atoms with E-state index in [0.717, 1.165) is 5.56 Å². The molecule has 5 nitrogen and oxygen atoms in total. The molecule has 0 aliphatic rings. The third-order valence-corrected chi connectivity index (χ3v) is 2.17. The molecule has 0 saturated heterocycles. The summed E-state index contributed by atoms with van der Waals surface area (Å²) in [6.07, 6.45) is 0. The number of nitrogen functional groups attached to an aromatic ring is 1. The van der Waals surface area contributed by atoms with Crippen LogP contribution < -0.4 is 11.1 Å². The largest absolute Gasteiger partial charge is 0.480 e. The zero-order chi connectivity index (χ0) is 12.3. The van der Waals surface area contributed by atoms with Crippen LogP contribution in [0.25, 0.3) is 0 Å². The summed E-state index contributed by atoms with van der Waals surface area (Å²) < 4.78 is 0. The second-order valence-corrected chi connectivity index (χ2v) is 3.62. The van der Waals surface area contributed by atoms with E-state index in [1.807, 2.05) is 6.92 Å². The lowest BCUT2D eigenvalue weighted by atomic mass is 10.1. The minimum Gasteiger partial charge on any atom is -0.480 e. The normalized spacial score (nSPS) is 11.9. The standard InChI is InChI=1S/C11H14N2O3/c1-6-3-4-9(12)8(5-6)10(14)13-7(2)11(15)16/h3-5,7H,12H2,1-2H3,(H,13,14)(H,15,16)/t7-/m1/s1. The molecule has 0 radical (unpaired) electrons. The van der Waals surface area contributed by atoms with Gasteiger partial charge in [0.2, 0.25) is 0 Å². The zero-order valence-electron chi connectivity index (χ0n) is 9.15. The summed E-state index contributed by atoms with van der Waals surface area (Å²) in [4.78, 5) is 22.3. The fourth-order valence-electron chi connectivity index (χ4n) is 1.20. The van der Waals surface area contributed by atoms with Crippen LogP contribution in [0.5, 0.6) is 0 Å². The molecule has 1 rings (SSSR count). The molecule has 1 aromatic rings. The van der Waals surface area contributed by atoms with Crippen LogP contribution in [0.3, 0.4) is 0 Å². The quantitative estimate of drug-likeness (QED) is 0.659. The fraction of sp³-hybridized carbons (Fsp3) is 0.273. The van der Waals surface area contributed by atoms with Gasteiger partial charge < -0.3 is 16.2 Å². The van der Waals surface area contributed by atoms with Crippen LogP contribution in [0.15, 0.2) is 18.2 Å². The van der Waals surface area contributed by atoms with Gasteiger partial charge in [-0.1, -0.05) is 11.6 Å². The topological polar surface area (TPSA) is 92.4 Å². The molecule has 4 N–H and O–H groups in total. The molecular formula is C11H14N2O3. The number of aliphatic carboxylic acids is 1. The number of carboxylic acids is 1. The van der Waals surface area contributed by atoms with Gasteiger partial charge in [0.1, 0.15) is 6.04 Å². The lowest BCUT2D eigenvalue weighted by Gasteiger charge is -2.11. The van der Waals surface area contributed by atoms with Gasteiger partial charge in [-0.05, 0) is 26.0 Å². The van der Waals surface area contributed by atoms with E-state index in [0.29, 0.717) is 11.3 Å². The molecule has 0 aromatic heterocycles. The van der Waals surface area contributed by atoms with Crippen molar-refractivity contribution in [1.29, 1.82) is 0 Å². The SMILES string of the molecule is Cc1ccc(N)c(C(=O)N[C@H](C)C(=O)O)c1. The second-order valence-electron chi connectivity index (χ2n) is 3.62. The first-order chi connectivity index (χ1) is 7.41. The third kappa shape index (κ3) is 2.73. The Morgan fingerprint density at radius 1 is 1.44 bits per heavy atom. The highest BCUT2D eigenvalue weighted by Crippen LogP contribution is 2.13. The Labute approximate surface area is 93.3 Å². The van der Waals surface area contributed by atoms with Gasteiger partial charge in [0, 0.05) is 5.69 Å². The van der Waals surface area contributed by atoms with Gasteiger partial charge in [-0.25, -0.2) is 0 Å². The minimum absolute atomic E-state index is 0.299. The summed E-state index contributed by atoms with van der Waals surface area (Å²) in [7, 11) is 0. The minimum atomic E-state index is -1.08. The Morgan fingerprint density at radius 2 is 2.06 bits per heavy atom. The number of nitrogens with one attached hydrogen (secondary N) is 1. The summed E-state index contributed by atoms with van der Waals surface area (Å²) in [5, 5.41) is 11.0. The molecular weight excluding hydrogens is 208 g/mol. The molecule has 86 valence electrons.